The summed E-state index contributed by atoms with van der Waals surface area (Å²) >= 11 is 5.34. The third-order valence-electron chi connectivity index (χ3n) is 1.85. The summed E-state index contributed by atoms with van der Waals surface area (Å²) in [4.78, 5) is 23.9. The molecule has 0 unspecified atom stereocenters. The van der Waals surface area contributed by atoms with E-state index in [0.29, 0.717) is 0 Å². The van der Waals surface area contributed by atoms with E-state index >= 15 is 0 Å². The average molecular weight is 286 g/mol. The lowest BCUT2D eigenvalue weighted by molar-refractivity contribution is -0.274. The molecule has 0 aliphatic heterocycles. The molecular weight excluding hydrogens is 279 g/mol. The summed E-state index contributed by atoms with van der Waals surface area (Å²) in [6, 6.07) is 0.792. The van der Waals surface area contributed by atoms with E-state index in [9.17, 15) is 22.8 Å². The Balaban J connectivity index is 3.23. The van der Waals surface area contributed by atoms with Crippen LogP contribution in [0, 0.1) is 0 Å². The molecule has 0 amide bonds. The first kappa shape index (κ1) is 14.4. The molecule has 100 valence electrons. The van der Waals surface area contributed by atoms with Crippen molar-refractivity contribution in [2.24, 2.45) is 0 Å². The zero-order chi connectivity index (χ0) is 13.9. The Bertz CT molecular complexity index is 512. The summed E-state index contributed by atoms with van der Waals surface area (Å²) in [6.07, 6.45) is -5.62. The zero-order valence-corrected chi connectivity index (χ0v) is 9.43. The monoisotopic (exact) mass is 285 g/mol. The Hall–Kier alpha value is -1.70. The number of carboxylic acids is 1. The predicted octanol–water partition coefficient (Wildman–Crippen LogP) is 1.64. The van der Waals surface area contributed by atoms with Gasteiger partial charge in [0, 0.05) is 11.8 Å². The van der Waals surface area contributed by atoms with Crippen LogP contribution < -0.4 is 10.3 Å². The minimum atomic E-state index is -4.99. The molecule has 0 bridgehead atoms. The van der Waals surface area contributed by atoms with Crippen molar-refractivity contribution >= 4 is 17.6 Å². The first-order chi connectivity index (χ1) is 8.23. The maximum absolute atomic E-state index is 12.1. The van der Waals surface area contributed by atoms with Crippen LogP contribution in [0.5, 0.6) is 5.75 Å². The third-order valence-corrected chi connectivity index (χ3v) is 2.12. The van der Waals surface area contributed by atoms with Crippen molar-refractivity contribution in [2.45, 2.75) is 18.7 Å². The molecule has 0 atom stereocenters. The first-order valence-electron chi connectivity index (χ1n) is 4.51. The molecule has 1 rings (SSSR count). The maximum Gasteiger partial charge on any atom is 0.573 e. The number of pyridine rings is 1. The van der Waals surface area contributed by atoms with Crippen molar-refractivity contribution in [3.63, 3.8) is 0 Å². The summed E-state index contributed by atoms with van der Waals surface area (Å²) in [5.74, 6) is -2.59. The molecule has 1 aromatic rings. The molecule has 0 spiro atoms. The van der Waals surface area contributed by atoms with Gasteiger partial charge < -0.3 is 14.8 Å². The number of rotatable bonds is 4. The van der Waals surface area contributed by atoms with Gasteiger partial charge in [0.2, 0.25) is 0 Å². The van der Waals surface area contributed by atoms with Gasteiger partial charge in [-0.25, -0.2) is 0 Å². The van der Waals surface area contributed by atoms with Crippen LogP contribution in [0.4, 0.5) is 13.2 Å². The van der Waals surface area contributed by atoms with Crippen LogP contribution in [-0.4, -0.2) is 22.4 Å². The second kappa shape index (κ2) is 5.30. The Morgan fingerprint density at radius 2 is 2.11 bits per heavy atom. The lowest BCUT2D eigenvalue weighted by Gasteiger charge is -2.12. The number of alkyl halides is 4. The third kappa shape index (κ3) is 3.95. The van der Waals surface area contributed by atoms with Gasteiger partial charge in [0.1, 0.15) is 5.75 Å². The van der Waals surface area contributed by atoms with Crippen LogP contribution in [0.25, 0.3) is 0 Å². The number of halogens is 4. The Morgan fingerprint density at radius 3 is 2.56 bits per heavy atom. The molecular formula is C9H7ClF3NO4. The predicted molar refractivity (Wildman–Crippen MR) is 54.6 cm³/mol. The highest BCUT2D eigenvalue weighted by molar-refractivity contribution is 6.17. The van der Waals surface area contributed by atoms with Gasteiger partial charge in [-0.05, 0) is 0 Å². The maximum atomic E-state index is 12.1. The van der Waals surface area contributed by atoms with Crippen molar-refractivity contribution < 1.29 is 27.8 Å². The molecule has 1 aromatic heterocycles. The number of hydrogen-bond donors (Lipinski definition) is 2. The van der Waals surface area contributed by atoms with Crippen LogP contribution in [0.2, 0.25) is 0 Å². The quantitative estimate of drug-likeness (QED) is 0.824. The number of aromatic nitrogens is 1. The van der Waals surface area contributed by atoms with E-state index in [0.717, 1.165) is 6.07 Å². The number of aromatic amines is 1. The summed E-state index contributed by atoms with van der Waals surface area (Å²) < 4.78 is 39.9. The number of nitrogens with one attached hydrogen (secondary N) is 1. The molecule has 0 aliphatic carbocycles. The molecule has 1 heterocycles. The molecule has 5 nitrogen and oxygen atoms in total. The molecule has 9 heteroatoms. The van der Waals surface area contributed by atoms with Crippen LogP contribution in [-0.2, 0) is 17.1 Å². The largest absolute Gasteiger partial charge is 0.573 e. The van der Waals surface area contributed by atoms with E-state index in [1.807, 2.05) is 0 Å². The fourth-order valence-electron chi connectivity index (χ4n) is 1.22. The summed E-state index contributed by atoms with van der Waals surface area (Å²) in [7, 11) is 0. The second-order valence-corrected chi connectivity index (χ2v) is 3.49. The van der Waals surface area contributed by atoms with Gasteiger partial charge in [0.25, 0.3) is 5.56 Å². The van der Waals surface area contributed by atoms with Crippen LogP contribution >= 0.6 is 11.6 Å². The summed E-state index contributed by atoms with van der Waals surface area (Å²) in [5.41, 5.74) is -1.54. The Morgan fingerprint density at radius 1 is 1.50 bits per heavy atom. The number of aliphatic carboxylic acids is 1. The fraction of sp³-hybridized carbons (Fsp3) is 0.333. The summed E-state index contributed by atoms with van der Waals surface area (Å²) in [5, 5.41) is 8.50. The number of carboxylic acid groups (broad SMARTS) is 1. The number of carbonyl (C=O) groups is 1. The van der Waals surface area contributed by atoms with Gasteiger partial charge in [-0.3, -0.25) is 9.59 Å². The number of hydrogen-bond acceptors (Lipinski definition) is 3. The van der Waals surface area contributed by atoms with Gasteiger partial charge in [0.15, 0.2) is 0 Å². The van der Waals surface area contributed by atoms with E-state index in [1.165, 1.54) is 0 Å². The lowest BCUT2D eigenvalue weighted by atomic mass is 10.2. The Kier molecular flexibility index (Phi) is 4.23. The van der Waals surface area contributed by atoms with E-state index in [2.05, 4.69) is 9.72 Å². The second-order valence-electron chi connectivity index (χ2n) is 3.22. The molecule has 0 fully saturated rings. The highest BCUT2D eigenvalue weighted by atomic mass is 35.5. The topological polar surface area (TPSA) is 79.4 Å². The van der Waals surface area contributed by atoms with E-state index in [-0.39, 0.29) is 5.69 Å². The molecule has 0 saturated carbocycles. The highest BCUT2D eigenvalue weighted by Gasteiger charge is 2.32. The van der Waals surface area contributed by atoms with Crippen molar-refractivity contribution in [3.05, 3.63) is 27.7 Å². The molecule has 0 saturated heterocycles. The molecule has 18 heavy (non-hydrogen) atoms. The van der Waals surface area contributed by atoms with E-state index in [4.69, 9.17) is 16.7 Å². The van der Waals surface area contributed by atoms with Gasteiger partial charge in [0.05, 0.1) is 17.9 Å². The smallest absolute Gasteiger partial charge is 0.481 e. The minimum absolute atomic E-state index is 0.208. The average Bonchev–Trinajstić information content (AvgIpc) is 2.13. The minimum Gasteiger partial charge on any atom is -0.481 e. The number of H-pyrrole nitrogens is 1. The van der Waals surface area contributed by atoms with Crippen molar-refractivity contribution in [2.75, 3.05) is 0 Å². The molecule has 0 radical (unpaired) electrons. The lowest BCUT2D eigenvalue weighted by Crippen LogP contribution is -2.23. The molecule has 2 N–H and O–H groups in total. The van der Waals surface area contributed by atoms with Crippen LogP contribution in [0.15, 0.2) is 10.9 Å². The SMILES string of the molecule is O=C(O)Cc1cc(OC(F)(F)F)c(CCl)c(=O)[nH]1. The Labute approximate surface area is 103 Å². The summed E-state index contributed by atoms with van der Waals surface area (Å²) in [6.45, 7) is 0. The van der Waals surface area contributed by atoms with E-state index in [1.54, 1.807) is 0 Å². The normalized spacial score (nSPS) is 11.3. The van der Waals surface area contributed by atoms with Crippen molar-refractivity contribution in [3.8, 4) is 5.75 Å². The standard InChI is InChI=1S/C9H7ClF3NO4/c10-3-5-6(18-9(11,12)13)1-4(2-7(15)16)14-8(5)17/h1H,2-3H2,(H,14,17)(H,15,16). The van der Waals surface area contributed by atoms with E-state index < -0.39 is 41.5 Å². The van der Waals surface area contributed by atoms with Crippen LogP contribution in [0.3, 0.4) is 0 Å². The fourth-order valence-corrected chi connectivity index (χ4v) is 1.47. The first-order valence-corrected chi connectivity index (χ1v) is 5.05. The van der Waals surface area contributed by atoms with Crippen LogP contribution in [0.1, 0.15) is 11.3 Å². The van der Waals surface area contributed by atoms with Gasteiger partial charge >= 0.3 is 12.3 Å². The van der Waals surface area contributed by atoms with Gasteiger partial charge in [-0.1, -0.05) is 0 Å². The number of ether oxygens (including phenoxy) is 1. The van der Waals surface area contributed by atoms with Gasteiger partial charge in [-0.15, -0.1) is 24.8 Å². The van der Waals surface area contributed by atoms with Crippen molar-refractivity contribution in [1.29, 1.82) is 0 Å². The van der Waals surface area contributed by atoms with Gasteiger partial charge in [-0.2, -0.15) is 0 Å². The highest BCUT2D eigenvalue weighted by Crippen LogP contribution is 2.26. The molecule has 0 aliphatic rings. The molecule has 0 aromatic carbocycles. The zero-order valence-electron chi connectivity index (χ0n) is 8.68. The van der Waals surface area contributed by atoms with Crippen molar-refractivity contribution in [1.82, 2.24) is 4.98 Å².